The zero-order valence-corrected chi connectivity index (χ0v) is 11.4. The van der Waals surface area contributed by atoms with Gasteiger partial charge in [0, 0.05) is 23.8 Å². The van der Waals surface area contributed by atoms with E-state index in [1.165, 1.54) is 0 Å². The number of rotatable bonds is 5. The van der Waals surface area contributed by atoms with Crippen LogP contribution in [0.3, 0.4) is 0 Å². The molecule has 0 aliphatic heterocycles. The average molecular weight is 246 g/mol. The summed E-state index contributed by atoms with van der Waals surface area (Å²) in [6.07, 6.45) is 2.29. The molecule has 18 heavy (non-hydrogen) atoms. The predicted molar refractivity (Wildman–Crippen MR) is 75.0 cm³/mol. The molecule has 0 spiro atoms. The number of carbonyl (C=O) groups is 1. The topological polar surface area (TPSA) is 41.1 Å². The number of aryl methyl sites for hydroxylation is 1. The first-order chi connectivity index (χ1) is 8.65. The van der Waals surface area contributed by atoms with Gasteiger partial charge in [-0.1, -0.05) is 13.3 Å². The van der Waals surface area contributed by atoms with E-state index in [1.54, 1.807) is 0 Å². The second kappa shape index (κ2) is 5.42. The van der Waals surface area contributed by atoms with Crippen LogP contribution in [0.4, 0.5) is 5.69 Å². The van der Waals surface area contributed by atoms with Crippen LogP contribution in [0.2, 0.25) is 0 Å². The third-order valence-electron chi connectivity index (χ3n) is 3.62. The van der Waals surface area contributed by atoms with E-state index in [2.05, 4.69) is 24.5 Å². The molecule has 0 saturated heterocycles. The van der Waals surface area contributed by atoms with E-state index in [9.17, 15) is 4.79 Å². The maximum atomic E-state index is 12.0. The fraction of sp³-hybridized carbons (Fsp3) is 0.533. The molecule has 1 aliphatic rings. The van der Waals surface area contributed by atoms with Gasteiger partial charge in [0.05, 0.1) is 0 Å². The van der Waals surface area contributed by atoms with Crippen molar-refractivity contribution in [1.29, 1.82) is 0 Å². The van der Waals surface area contributed by atoms with Gasteiger partial charge in [0.1, 0.15) is 0 Å². The Morgan fingerprint density at radius 1 is 1.39 bits per heavy atom. The van der Waals surface area contributed by atoms with Gasteiger partial charge in [-0.05, 0) is 49.9 Å². The molecule has 1 amide bonds. The molecule has 0 bridgehead atoms. The normalized spacial score (nSPS) is 21.5. The lowest BCUT2D eigenvalue weighted by Gasteiger charge is -2.10. The Morgan fingerprint density at radius 3 is 2.72 bits per heavy atom. The van der Waals surface area contributed by atoms with Crippen LogP contribution in [0, 0.1) is 12.8 Å². The van der Waals surface area contributed by atoms with Crippen LogP contribution in [-0.4, -0.2) is 18.5 Å². The summed E-state index contributed by atoms with van der Waals surface area (Å²) < 4.78 is 0. The molecule has 0 heterocycles. The number of hydrogen-bond donors (Lipinski definition) is 2. The standard InChI is InChI=1S/C15H22N2O/c1-4-11-9-14(11)17-15(18)12-6-7-13(16-5-2)10(3)8-12/h6-8,11,14,16H,4-5,9H2,1-3H3,(H,17,18). The van der Waals surface area contributed by atoms with E-state index in [1.807, 2.05) is 25.1 Å². The molecule has 2 N–H and O–H groups in total. The van der Waals surface area contributed by atoms with Crippen LogP contribution in [-0.2, 0) is 0 Å². The number of anilines is 1. The lowest BCUT2D eigenvalue weighted by molar-refractivity contribution is 0.0949. The molecular formula is C15H22N2O. The van der Waals surface area contributed by atoms with Crippen LogP contribution in [0.5, 0.6) is 0 Å². The molecule has 98 valence electrons. The van der Waals surface area contributed by atoms with Gasteiger partial charge in [0.15, 0.2) is 0 Å². The minimum absolute atomic E-state index is 0.0575. The SMILES string of the molecule is CCNc1ccc(C(=O)NC2CC2CC)cc1C. The first-order valence-electron chi connectivity index (χ1n) is 6.81. The smallest absolute Gasteiger partial charge is 0.251 e. The van der Waals surface area contributed by atoms with Crippen LogP contribution in [0.25, 0.3) is 0 Å². The number of carbonyl (C=O) groups excluding carboxylic acids is 1. The Morgan fingerprint density at radius 2 is 2.17 bits per heavy atom. The van der Waals surface area contributed by atoms with E-state index in [0.29, 0.717) is 12.0 Å². The highest BCUT2D eigenvalue weighted by Crippen LogP contribution is 2.33. The summed E-state index contributed by atoms with van der Waals surface area (Å²) >= 11 is 0. The Kier molecular flexibility index (Phi) is 3.90. The fourth-order valence-corrected chi connectivity index (χ4v) is 2.32. The molecule has 1 aromatic rings. The van der Waals surface area contributed by atoms with Gasteiger partial charge in [-0.2, -0.15) is 0 Å². The van der Waals surface area contributed by atoms with Crippen LogP contribution >= 0.6 is 0 Å². The largest absolute Gasteiger partial charge is 0.385 e. The molecule has 3 nitrogen and oxygen atoms in total. The number of benzene rings is 1. The molecule has 0 aromatic heterocycles. The fourth-order valence-electron chi connectivity index (χ4n) is 2.32. The van der Waals surface area contributed by atoms with Crippen LogP contribution in [0.15, 0.2) is 18.2 Å². The Bertz CT molecular complexity index is 442. The second-order valence-electron chi connectivity index (χ2n) is 5.04. The summed E-state index contributed by atoms with van der Waals surface area (Å²) in [5.41, 5.74) is 2.98. The summed E-state index contributed by atoms with van der Waals surface area (Å²) in [6.45, 7) is 7.16. The minimum Gasteiger partial charge on any atom is -0.385 e. The highest BCUT2D eigenvalue weighted by molar-refractivity contribution is 5.95. The third-order valence-corrected chi connectivity index (χ3v) is 3.62. The van der Waals surface area contributed by atoms with Crippen molar-refractivity contribution in [2.45, 2.75) is 39.7 Å². The molecule has 1 aromatic carbocycles. The molecule has 3 heteroatoms. The highest BCUT2D eigenvalue weighted by Gasteiger charge is 2.36. The van der Waals surface area contributed by atoms with Crippen molar-refractivity contribution < 1.29 is 4.79 Å². The van der Waals surface area contributed by atoms with Crippen molar-refractivity contribution in [2.24, 2.45) is 5.92 Å². The molecule has 1 aliphatic carbocycles. The summed E-state index contributed by atoms with van der Waals surface area (Å²) in [6, 6.07) is 6.23. The first-order valence-corrected chi connectivity index (χ1v) is 6.81. The van der Waals surface area contributed by atoms with Crippen molar-refractivity contribution in [3.8, 4) is 0 Å². The van der Waals surface area contributed by atoms with Crippen molar-refractivity contribution >= 4 is 11.6 Å². The zero-order valence-electron chi connectivity index (χ0n) is 11.4. The van der Waals surface area contributed by atoms with Crippen LogP contribution in [0.1, 0.15) is 42.6 Å². The minimum atomic E-state index is 0.0575. The Hall–Kier alpha value is -1.51. The summed E-state index contributed by atoms with van der Waals surface area (Å²) in [7, 11) is 0. The van der Waals surface area contributed by atoms with E-state index < -0.39 is 0 Å². The van der Waals surface area contributed by atoms with Crippen molar-refractivity contribution in [2.75, 3.05) is 11.9 Å². The third kappa shape index (κ3) is 2.84. The molecule has 1 fully saturated rings. The van der Waals surface area contributed by atoms with Crippen molar-refractivity contribution in [3.63, 3.8) is 0 Å². The summed E-state index contributed by atoms with van der Waals surface area (Å²) in [5, 5.41) is 6.37. The number of hydrogen-bond acceptors (Lipinski definition) is 2. The average Bonchev–Trinajstić information content (AvgIpc) is 3.10. The Labute approximate surface area is 109 Å². The van der Waals surface area contributed by atoms with Gasteiger partial charge in [0.25, 0.3) is 5.91 Å². The van der Waals surface area contributed by atoms with Gasteiger partial charge in [0.2, 0.25) is 0 Å². The summed E-state index contributed by atoms with van der Waals surface area (Å²) in [5.74, 6) is 0.748. The monoisotopic (exact) mass is 246 g/mol. The van der Waals surface area contributed by atoms with Gasteiger partial charge >= 0.3 is 0 Å². The summed E-state index contributed by atoms with van der Waals surface area (Å²) in [4.78, 5) is 12.0. The Balaban J connectivity index is 2.00. The molecule has 2 atom stereocenters. The number of amides is 1. The maximum absolute atomic E-state index is 12.0. The molecular weight excluding hydrogens is 224 g/mol. The lowest BCUT2D eigenvalue weighted by Crippen LogP contribution is -2.26. The second-order valence-corrected chi connectivity index (χ2v) is 5.04. The van der Waals surface area contributed by atoms with Gasteiger partial charge in [-0.15, -0.1) is 0 Å². The predicted octanol–water partition coefficient (Wildman–Crippen LogP) is 2.96. The molecule has 0 radical (unpaired) electrons. The molecule has 2 rings (SSSR count). The van der Waals surface area contributed by atoms with E-state index in [0.717, 1.165) is 36.2 Å². The van der Waals surface area contributed by atoms with E-state index in [4.69, 9.17) is 0 Å². The number of nitrogens with one attached hydrogen (secondary N) is 2. The highest BCUT2D eigenvalue weighted by atomic mass is 16.1. The van der Waals surface area contributed by atoms with Crippen LogP contribution < -0.4 is 10.6 Å². The van der Waals surface area contributed by atoms with Crippen molar-refractivity contribution in [1.82, 2.24) is 5.32 Å². The zero-order chi connectivity index (χ0) is 13.1. The van der Waals surface area contributed by atoms with Crippen molar-refractivity contribution in [3.05, 3.63) is 29.3 Å². The lowest BCUT2D eigenvalue weighted by atomic mass is 10.1. The van der Waals surface area contributed by atoms with Gasteiger partial charge in [-0.25, -0.2) is 0 Å². The van der Waals surface area contributed by atoms with E-state index in [-0.39, 0.29) is 5.91 Å². The van der Waals surface area contributed by atoms with Gasteiger partial charge in [-0.3, -0.25) is 4.79 Å². The first kappa shape index (κ1) is 12.9. The maximum Gasteiger partial charge on any atom is 0.251 e. The quantitative estimate of drug-likeness (QED) is 0.838. The molecule has 2 unspecified atom stereocenters. The molecule has 1 saturated carbocycles. The van der Waals surface area contributed by atoms with Gasteiger partial charge < -0.3 is 10.6 Å². The van der Waals surface area contributed by atoms with E-state index >= 15 is 0 Å².